The molecule has 0 aliphatic carbocycles. The van der Waals surface area contributed by atoms with Crippen molar-refractivity contribution in [2.24, 2.45) is 0 Å². The number of hydrogen-bond donors (Lipinski definition) is 2. The number of nitrogens with one attached hydrogen (secondary N) is 2. The Morgan fingerprint density at radius 2 is 1.96 bits per heavy atom. The second kappa shape index (κ2) is 7.36. The largest absolute Gasteiger partial charge is 0.454 e. The molecule has 8 heteroatoms. The highest BCUT2D eigenvalue weighted by Gasteiger charge is 2.13. The molecule has 3 aromatic rings. The van der Waals surface area contributed by atoms with Gasteiger partial charge in [-0.1, -0.05) is 18.2 Å². The van der Waals surface area contributed by atoms with E-state index in [1.54, 1.807) is 18.2 Å². The normalized spacial score (nSPS) is 12.1. The third-order valence-electron chi connectivity index (χ3n) is 4.26. The number of nitrogens with zero attached hydrogens (tertiary/aromatic N) is 2. The molecule has 1 aromatic heterocycles. The maximum Gasteiger partial charge on any atom is 0.315 e. The molecule has 1 aliphatic heterocycles. The van der Waals surface area contributed by atoms with E-state index in [1.165, 1.54) is 10.9 Å². The molecule has 4 rings (SSSR count). The van der Waals surface area contributed by atoms with Gasteiger partial charge in [0, 0.05) is 19.6 Å². The van der Waals surface area contributed by atoms with Crippen LogP contribution in [0.5, 0.6) is 11.5 Å². The van der Waals surface area contributed by atoms with Gasteiger partial charge in [-0.05, 0) is 29.8 Å². The molecule has 0 atom stereocenters. The van der Waals surface area contributed by atoms with Gasteiger partial charge in [0.1, 0.15) is 0 Å². The van der Waals surface area contributed by atoms with Gasteiger partial charge in [-0.25, -0.2) is 9.78 Å². The highest BCUT2D eigenvalue weighted by atomic mass is 16.7. The number of ether oxygens (including phenoxy) is 2. The molecule has 0 bridgehead atoms. The Morgan fingerprint density at radius 1 is 1.11 bits per heavy atom. The van der Waals surface area contributed by atoms with Crippen LogP contribution in [-0.4, -0.2) is 28.9 Å². The van der Waals surface area contributed by atoms with Gasteiger partial charge in [-0.15, -0.1) is 0 Å². The summed E-state index contributed by atoms with van der Waals surface area (Å²) in [6, 6.07) is 12.4. The zero-order valence-electron chi connectivity index (χ0n) is 14.5. The first-order chi connectivity index (χ1) is 13.2. The highest BCUT2D eigenvalue weighted by molar-refractivity contribution is 5.77. The quantitative estimate of drug-likeness (QED) is 0.716. The smallest absolute Gasteiger partial charge is 0.315 e. The lowest BCUT2D eigenvalue weighted by molar-refractivity contribution is 0.174. The molecule has 2 N–H and O–H groups in total. The van der Waals surface area contributed by atoms with Crippen molar-refractivity contribution in [2.75, 3.05) is 13.3 Å². The first-order valence-electron chi connectivity index (χ1n) is 8.55. The fourth-order valence-electron chi connectivity index (χ4n) is 2.85. The van der Waals surface area contributed by atoms with E-state index in [-0.39, 0.29) is 18.4 Å². The van der Waals surface area contributed by atoms with E-state index >= 15 is 0 Å². The minimum atomic E-state index is -0.311. The van der Waals surface area contributed by atoms with Crippen LogP contribution >= 0.6 is 0 Å². The zero-order valence-corrected chi connectivity index (χ0v) is 14.5. The van der Waals surface area contributed by atoms with Gasteiger partial charge < -0.3 is 20.1 Å². The van der Waals surface area contributed by atoms with Gasteiger partial charge in [0.25, 0.3) is 5.56 Å². The lowest BCUT2D eigenvalue weighted by atomic mass is 10.2. The molecule has 0 saturated carbocycles. The summed E-state index contributed by atoms with van der Waals surface area (Å²) in [5.74, 6) is 1.38. The van der Waals surface area contributed by atoms with E-state index < -0.39 is 0 Å². The van der Waals surface area contributed by atoms with Crippen LogP contribution in [0, 0.1) is 0 Å². The highest BCUT2D eigenvalue weighted by Crippen LogP contribution is 2.32. The van der Waals surface area contributed by atoms with Gasteiger partial charge in [-0.3, -0.25) is 9.36 Å². The molecule has 0 unspecified atom stereocenters. The van der Waals surface area contributed by atoms with Crippen molar-refractivity contribution in [1.82, 2.24) is 20.2 Å². The fraction of sp³-hybridized carbons (Fsp3) is 0.211. The second-order valence-corrected chi connectivity index (χ2v) is 6.06. The standard InChI is InChI=1S/C19H18N4O4/c24-18-14-3-1-2-4-15(14)22-11-23(18)8-7-20-19(25)21-10-13-5-6-16-17(9-13)27-12-26-16/h1-6,9,11H,7-8,10,12H2,(H2,20,21,25). The van der Waals surface area contributed by atoms with Crippen LogP contribution in [0.1, 0.15) is 5.56 Å². The van der Waals surface area contributed by atoms with Gasteiger partial charge >= 0.3 is 6.03 Å². The summed E-state index contributed by atoms with van der Waals surface area (Å²) in [5.41, 5.74) is 1.45. The summed E-state index contributed by atoms with van der Waals surface area (Å²) in [6.45, 7) is 1.23. The summed E-state index contributed by atoms with van der Waals surface area (Å²) < 4.78 is 12.1. The van der Waals surface area contributed by atoms with Crippen LogP contribution in [0.3, 0.4) is 0 Å². The number of urea groups is 1. The van der Waals surface area contributed by atoms with Gasteiger partial charge in [0.15, 0.2) is 11.5 Å². The summed E-state index contributed by atoms with van der Waals surface area (Å²) in [6.07, 6.45) is 1.50. The van der Waals surface area contributed by atoms with Crippen LogP contribution in [0.4, 0.5) is 4.79 Å². The number of aromatic nitrogens is 2. The minimum Gasteiger partial charge on any atom is -0.454 e. The molecule has 2 aromatic carbocycles. The van der Waals surface area contributed by atoms with Gasteiger partial charge in [0.2, 0.25) is 6.79 Å². The molecule has 0 radical (unpaired) electrons. The number of benzene rings is 2. The Balaban J connectivity index is 1.28. The van der Waals surface area contributed by atoms with Crippen LogP contribution in [0.15, 0.2) is 53.6 Å². The number of rotatable bonds is 5. The van der Waals surface area contributed by atoms with E-state index in [0.717, 1.165) is 5.56 Å². The number of hydrogen-bond acceptors (Lipinski definition) is 5. The number of carbonyl (C=O) groups is 1. The van der Waals surface area contributed by atoms with Crippen molar-refractivity contribution in [2.45, 2.75) is 13.1 Å². The maximum absolute atomic E-state index is 12.4. The number of para-hydroxylation sites is 1. The molecule has 138 valence electrons. The zero-order chi connectivity index (χ0) is 18.6. The lowest BCUT2D eigenvalue weighted by Crippen LogP contribution is -2.38. The average Bonchev–Trinajstić information content (AvgIpc) is 3.16. The molecule has 1 aliphatic rings. The summed E-state index contributed by atoms with van der Waals surface area (Å²) in [7, 11) is 0. The van der Waals surface area contributed by atoms with Crippen molar-refractivity contribution in [1.29, 1.82) is 0 Å². The third kappa shape index (κ3) is 3.69. The summed E-state index contributed by atoms with van der Waals surface area (Å²) >= 11 is 0. The second-order valence-electron chi connectivity index (χ2n) is 6.06. The Hall–Kier alpha value is -3.55. The molecular weight excluding hydrogens is 348 g/mol. The van der Waals surface area contributed by atoms with E-state index in [4.69, 9.17) is 9.47 Å². The predicted molar refractivity (Wildman–Crippen MR) is 98.8 cm³/mol. The van der Waals surface area contributed by atoms with Crippen molar-refractivity contribution < 1.29 is 14.3 Å². The van der Waals surface area contributed by atoms with Crippen LogP contribution in [0.25, 0.3) is 10.9 Å². The molecule has 27 heavy (non-hydrogen) atoms. The van der Waals surface area contributed by atoms with E-state index in [0.29, 0.717) is 42.0 Å². The molecule has 2 amide bonds. The molecule has 0 fully saturated rings. The van der Waals surface area contributed by atoms with Gasteiger partial charge in [0.05, 0.1) is 17.2 Å². The Kier molecular flexibility index (Phi) is 4.61. The molecule has 0 spiro atoms. The van der Waals surface area contributed by atoms with Crippen LogP contribution in [0.2, 0.25) is 0 Å². The van der Waals surface area contributed by atoms with E-state index in [2.05, 4.69) is 15.6 Å². The van der Waals surface area contributed by atoms with E-state index in [1.807, 2.05) is 24.3 Å². The van der Waals surface area contributed by atoms with Crippen molar-refractivity contribution in [3.63, 3.8) is 0 Å². The fourth-order valence-corrected chi connectivity index (χ4v) is 2.85. The molecule has 8 nitrogen and oxygen atoms in total. The minimum absolute atomic E-state index is 0.122. The molecular formula is C19H18N4O4. The summed E-state index contributed by atoms with van der Waals surface area (Å²) in [5, 5.41) is 6.07. The van der Waals surface area contributed by atoms with Crippen molar-refractivity contribution in [3.05, 3.63) is 64.7 Å². The Bertz CT molecular complexity index is 1050. The molecule has 2 heterocycles. The lowest BCUT2D eigenvalue weighted by Gasteiger charge is -2.10. The monoisotopic (exact) mass is 366 g/mol. The Labute approximate surface area is 154 Å². The van der Waals surface area contributed by atoms with Crippen LogP contribution < -0.4 is 25.7 Å². The third-order valence-corrected chi connectivity index (χ3v) is 4.26. The first kappa shape index (κ1) is 16.9. The van der Waals surface area contributed by atoms with Crippen LogP contribution in [-0.2, 0) is 13.1 Å². The number of amides is 2. The maximum atomic E-state index is 12.4. The van der Waals surface area contributed by atoms with Crippen molar-refractivity contribution >= 4 is 16.9 Å². The van der Waals surface area contributed by atoms with Gasteiger partial charge in [-0.2, -0.15) is 0 Å². The average molecular weight is 366 g/mol. The van der Waals surface area contributed by atoms with E-state index in [9.17, 15) is 9.59 Å². The summed E-state index contributed by atoms with van der Waals surface area (Å²) in [4.78, 5) is 28.6. The van der Waals surface area contributed by atoms with Crippen molar-refractivity contribution in [3.8, 4) is 11.5 Å². The SMILES string of the molecule is O=C(NCCn1cnc2ccccc2c1=O)NCc1ccc2c(c1)OCO2. The number of carbonyl (C=O) groups excluding carboxylic acids is 1. The molecule has 0 saturated heterocycles. The first-order valence-corrected chi connectivity index (χ1v) is 8.55. The topological polar surface area (TPSA) is 94.5 Å². The predicted octanol–water partition coefficient (Wildman–Crippen LogP) is 1.62. The number of fused-ring (bicyclic) bond motifs is 2. The Morgan fingerprint density at radius 3 is 2.89 bits per heavy atom.